The summed E-state index contributed by atoms with van der Waals surface area (Å²) in [6.07, 6.45) is -0.0537. The summed E-state index contributed by atoms with van der Waals surface area (Å²) in [4.78, 5) is 11.9. The van der Waals surface area contributed by atoms with E-state index in [1.54, 1.807) is 19.1 Å². The lowest BCUT2D eigenvalue weighted by Crippen LogP contribution is -2.31. The van der Waals surface area contributed by atoms with Crippen LogP contribution in [0.3, 0.4) is 0 Å². The van der Waals surface area contributed by atoms with Gasteiger partial charge in [-0.05, 0) is 31.4 Å². The number of phenolic OH excluding ortho intramolecular Hbond substituents is 1. The molecule has 2 rings (SSSR count). The maximum atomic E-state index is 13.0. The number of anilines is 1. The molecule has 1 aromatic carbocycles. The molecule has 2 N–H and O–H groups in total. The topological polar surface area (TPSA) is 49.3 Å². The lowest BCUT2D eigenvalue weighted by Gasteiger charge is -2.27. The molecule has 104 valence electrons. The molecule has 0 radical (unpaired) electrons. The van der Waals surface area contributed by atoms with E-state index in [0.717, 1.165) is 5.56 Å². The molecule has 0 heterocycles. The van der Waals surface area contributed by atoms with Crippen LogP contribution in [0.2, 0.25) is 0 Å². The molecule has 1 aromatic rings. The van der Waals surface area contributed by atoms with Crippen molar-refractivity contribution in [2.24, 2.45) is 5.92 Å². The molecular formula is C14H17F2NO2. The molecule has 0 saturated heterocycles. The second kappa shape index (κ2) is 5.15. The molecule has 1 amide bonds. The van der Waals surface area contributed by atoms with Crippen LogP contribution < -0.4 is 5.32 Å². The number of hydrogen-bond donors (Lipinski definition) is 2. The average molecular weight is 269 g/mol. The summed E-state index contributed by atoms with van der Waals surface area (Å²) < 4.78 is 26.0. The number of rotatable bonds is 2. The number of benzene rings is 1. The molecule has 0 atom stereocenters. The van der Waals surface area contributed by atoms with E-state index in [2.05, 4.69) is 5.32 Å². The van der Waals surface area contributed by atoms with Crippen molar-refractivity contribution in [1.82, 2.24) is 0 Å². The third kappa shape index (κ3) is 3.43. The maximum Gasteiger partial charge on any atom is 0.248 e. The van der Waals surface area contributed by atoms with Crippen molar-refractivity contribution < 1.29 is 18.7 Å². The van der Waals surface area contributed by atoms with Crippen molar-refractivity contribution >= 4 is 11.6 Å². The first-order chi connectivity index (χ1) is 8.87. The molecule has 19 heavy (non-hydrogen) atoms. The van der Waals surface area contributed by atoms with E-state index in [9.17, 15) is 18.7 Å². The smallest absolute Gasteiger partial charge is 0.248 e. The van der Waals surface area contributed by atoms with Crippen LogP contribution >= 0.6 is 0 Å². The zero-order valence-corrected chi connectivity index (χ0v) is 10.7. The van der Waals surface area contributed by atoms with Gasteiger partial charge in [-0.25, -0.2) is 8.78 Å². The molecule has 1 fully saturated rings. The van der Waals surface area contributed by atoms with Crippen LogP contribution in [0.25, 0.3) is 0 Å². The van der Waals surface area contributed by atoms with Crippen molar-refractivity contribution in [2.45, 2.75) is 38.5 Å². The quantitative estimate of drug-likeness (QED) is 0.863. The summed E-state index contributed by atoms with van der Waals surface area (Å²) in [5.74, 6) is -3.14. The number of halogens is 2. The number of amides is 1. The van der Waals surface area contributed by atoms with Crippen LogP contribution in [0.5, 0.6) is 5.75 Å². The van der Waals surface area contributed by atoms with Crippen molar-refractivity contribution in [1.29, 1.82) is 0 Å². The van der Waals surface area contributed by atoms with Crippen molar-refractivity contribution in [3.05, 3.63) is 23.8 Å². The SMILES string of the molecule is Cc1ccc(NC(=O)C2CCC(F)(F)CC2)cc1O. The van der Waals surface area contributed by atoms with Gasteiger partial charge in [-0.15, -0.1) is 0 Å². The van der Waals surface area contributed by atoms with Gasteiger partial charge in [0.15, 0.2) is 0 Å². The van der Waals surface area contributed by atoms with Crippen LogP contribution in [0.15, 0.2) is 18.2 Å². The lowest BCUT2D eigenvalue weighted by molar-refractivity contribution is -0.124. The first-order valence-electron chi connectivity index (χ1n) is 6.36. The molecule has 0 aromatic heterocycles. The molecular weight excluding hydrogens is 252 g/mol. The molecule has 0 unspecified atom stereocenters. The number of hydrogen-bond acceptors (Lipinski definition) is 2. The van der Waals surface area contributed by atoms with Crippen LogP contribution in [0.4, 0.5) is 14.5 Å². The fourth-order valence-electron chi connectivity index (χ4n) is 2.23. The van der Waals surface area contributed by atoms with Gasteiger partial charge in [0.2, 0.25) is 11.8 Å². The number of carbonyl (C=O) groups is 1. The summed E-state index contributed by atoms with van der Waals surface area (Å²) in [6, 6.07) is 4.84. The summed E-state index contributed by atoms with van der Waals surface area (Å²) in [5.41, 5.74) is 1.21. The summed E-state index contributed by atoms with van der Waals surface area (Å²) in [5, 5.41) is 12.2. The van der Waals surface area contributed by atoms with Gasteiger partial charge < -0.3 is 10.4 Å². The summed E-state index contributed by atoms with van der Waals surface area (Å²) in [6.45, 7) is 1.75. The Balaban J connectivity index is 1.96. The predicted octanol–water partition coefficient (Wildman–Crippen LogP) is 3.46. The minimum atomic E-state index is -2.63. The number of aromatic hydroxyl groups is 1. The molecule has 3 nitrogen and oxygen atoms in total. The summed E-state index contributed by atoms with van der Waals surface area (Å²) in [7, 11) is 0. The van der Waals surface area contributed by atoms with Crippen LogP contribution in [0.1, 0.15) is 31.2 Å². The van der Waals surface area contributed by atoms with Gasteiger partial charge in [0, 0.05) is 30.5 Å². The molecule has 1 aliphatic carbocycles. The largest absolute Gasteiger partial charge is 0.508 e. The molecule has 0 aliphatic heterocycles. The molecule has 1 aliphatic rings. The van der Waals surface area contributed by atoms with Gasteiger partial charge in [-0.2, -0.15) is 0 Å². The number of nitrogens with one attached hydrogen (secondary N) is 1. The minimum Gasteiger partial charge on any atom is -0.508 e. The fourth-order valence-corrected chi connectivity index (χ4v) is 2.23. The minimum absolute atomic E-state index is 0.105. The highest BCUT2D eigenvalue weighted by atomic mass is 19.3. The Morgan fingerprint density at radius 1 is 1.37 bits per heavy atom. The Labute approximate surface area is 110 Å². The Morgan fingerprint density at radius 2 is 2.00 bits per heavy atom. The Bertz CT molecular complexity index is 478. The van der Waals surface area contributed by atoms with Crippen LogP contribution in [-0.4, -0.2) is 16.9 Å². The summed E-state index contributed by atoms with van der Waals surface area (Å²) >= 11 is 0. The van der Waals surface area contributed by atoms with Crippen molar-refractivity contribution in [3.8, 4) is 5.75 Å². The van der Waals surface area contributed by atoms with Gasteiger partial charge in [-0.1, -0.05) is 6.07 Å². The van der Waals surface area contributed by atoms with Gasteiger partial charge in [0.1, 0.15) is 5.75 Å². The monoisotopic (exact) mass is 269 g/mol. The number of carbonyl (C=O) groups excluding carboxylic acids is 1. The van der Waals surface area contributed by atoms with E-state index in [0.29, 0.717) is 5.69 Å². The average Bonchev–Trinajstić information content (AvgIpc) is 2.33. The van der Waals surface area contributed by atoms with Gasteiger partial charge in [0.05, 0.1) is 0 Å². The second-order valence-electron chi connectivity index (χ2n) is 5.12. The number of alkyl halides is 2. The van der Waals surface area contributed by atoms with Crippen LogP contribution in [0, 0.1) is 12.8 Å². The Kier molecular flexibility index (Phi) is 3.73. The van der Waals surface area contributed by atoms with Crippen molar-refractivity contribution in [2.75, 3.05) is 5.32 Å². The highest BCUT2D eigenvalue weighted by Crippen LogP contribution is 2.36. The van der Waals surface area contributed by atoms with Gasteiger partial charge >= 0.3 is 0 Å². The van der Waals surface area contributed by atoms with E-state index in [4.69, 9.17) is 0 Å². The fraction of sp³-hybridized carbons (Fsp3) is 0.500. The zero-order valence-electron chi connectivity index (χ0n) is 10.7. The van der Waals surface area contributed by atoms with E-state index < -0.39 is 5.92 Å². The molecule has 1 saturated carbocycles. The predicted molar refractivity (Wildman–Crippen MR) is 68.4 cm³/mol. The molecule has 0 bridgehead atoms. The van der Waals surface area contributed by atoms with E-state index in [-0.39, 0.29) is 43.3 Å². The second-order valence-corrected chi connectivity index (χ2v) is 5.12. The normalized spacial score (nSPS) is 19.1. The lowest BCUT2D eigenvalue weighted by atomic mass is 9.86. The van der Waals surface area contributed by atoms with Gasteiger partial charge in [0.25, 0.3) is 0 Å². The molecule has 5 heteroatoms. The third-order valence-corrected chi connectivity index (χ3v) is 3.56. The highest BCUT2D eigenvalue weighted by Gasteiger charge is 2.37. The Morgan fingerprint density at radius 3 is 2.58 bits per heavy atom. The van der Waals surface area contributed by atoms with E-state index >= 15 is 0 Å². The number of phenols is 1. The third-order valence-electron chi connectivity index (χ3n) is 3.56. The van der Waals surface area contributed by atoms with Gasteiger partial charge in [-0.3, -0.25) is 4.79 Å². The van der Waals surface area contributed by atoms with E-state index in [1.807, 2.05) is 0 Å². The highest BCUT2D eigenvalue weighted by molar-refractivity contribution is 5.92. The first kappa shape index (κ1) is 13.8. The first-order valence-corrected chi connectivity index (χ1v) is 6.36. The Hall–Kier alpha value is -1.65. The zero-order chi connectivity index (χ0) is 14.0. The molecule has 0 spiro atoms. The standard InChI is InChI=1S/C14H17F2NO2/c1-9-2-3-11(8-12(9)18)17-13(19)10-4-6-14(15,16)7-5-10/h2-3,8,10,18H,4-7H2,1H3,(H,17,19). The van der Waals surface area contributed by atoms with Crippen molar-refractivity contribution in [3.63, 3.8) is 0 Å². The van der Waals surface area contributed by atoms with Crippen LogP contribution in [-0.2, 0) is 4.79 Å². The number of aryl methyl sites for hydroxylation is 1. The van der Waals surface area contributed by atoms with E-state index in [1.165, 1.54) is 6.07 Å². The maximum absolute atomic E-state index is 13.0.